The second-order valence-electron chi connectivity index (χ2n) is 28.2. The minimum absolute atomic E-state index is 0.0481. The Morgan fingerprint density at radius 3 is 0.958 bits per heavy atom. The Hall–Kier alpha value is -6.64. The van der Waals surface area contributed by atoms with Gasteiger partial charge in [-0.1, -0.05) is 60.7 Å². The van der Waals surface area contributed by atoms with Crippen LogP contribution in [0, 0.1) is 0 Å². The lowest BCUT2D eigenvalue weighted by Crippen LogP contribution is -2.59. The molecule has 10 rings (SSSR count). The number of halogens is 12. The fourth-order valence-corrected chi connectivity index (χ4v) is 14.3. The van der Waals surface area contributed by atoms with Crippen molar-refractivity contribution in [2.45, 2.75) is 178 Å². The lowest BCUT2D eigenvalue weighted by Gasteiger charge is -2.48. The summed E-state index contributed by atoms with van der Waals surface area (Å²) in [6.07, 6.45) is -13.9. The maximum Gasteiger partial charge on any atom is 0.416 e. The van der Waals surface area contributed by atoms with Crippen molar-refractivity contribution in [3.8, 4) is 0 Å². The highest BCUT2D eigenvalue weighted by atomic mass is 19.4. The minimum Gasteiger partial charge on any atom is -0.444 e. The minimum atomic E-state index is -5.04. The number of ether oxygens (including phenoxy) is 2. The summed E-state index contributed by atoms with van der Waals surface area (Å²) < 4.78 is 174. The van der Waals surface area contributed by atoms with Gasteiger partial charge in [-0.15, -0.1) is 0 Å². The van der Waals surface area contributed by atoms with Gasteiger partial charge in [0, 0.05) is 139 Å². The van der Waals surface area contributed by atoms with E-state index < -0.39 is 93.2 Å². The van der Waals surface area contributed by atoms with Gasteiger partial charge in [0.2, 0.25) is 0 Å². The molecule has 0 radical (unpaired) electrons. The summed E-state index contributed by atoms with van der Waals surface area (Å²) in [5.41, 5.74) is -6.50. The highest BCUT2D eigenvalue weighted by molar-refractivity contribution is 5.96. The average Bonchev–Trinajstić information content (AvgIpc) is 0.809. The molecule has 96 heavy (non-hydrogen) atoms. The Labute approximate surface area is 553 Å². The van der Waals surface area contributed by atoms with Gasteiger partial charge in [-0.2, -0.15) is 52.7 Å². The predicted octanol–water partition coefficient (Wildman–Crippen LogP) is 13.9. The number of amides is 4. The third-order valence-electron chi connectivity index (χ3n) is 19.1. The Morgan fingerprint density at radius 1 is 0.385 bits per heavy atom. The molecule has 26 heteroatoms. The Kier molecular flexibility index (Phi) is 23.2. The van der Waals surface area contributed by atoms with Gasteiger partial charge in [0.15, 0.2) is 0 Å². The van der Waals surface area contributed by atoms with Crippen LogP contribution in [0.5, 0.6) is 0 Å². The number of hydrogen-bond donors (Lipinski definition) is 0. The van der Waals surface area contributed by atoms with E-state index in [1.807, 2.05) is 102 Å². The second-order valence-corrected chi connectivity index (χ2v) is 28.2. The summed E-state index contributed by atoms with van der Waals surface area (Å²) in [4.78, 5) is 69.0. The second kappa shape index (κ2) is 30.2. The predicted molar refractivity (Wildman–Crippen MR) is 337 cm³/mol. The molecule has 0 aromatic heterocycles. The molecule has 6 aliphatic rings. The molecule has 0 N–H and O–H groups in total. The summed E-state index contributed by atoms with van der Waals surface area (Å²) in [5, 5.41) is 0. The van der Waals surface area contributed by atoms with Crippen molar-refractivity contribution in [1.29, 1.82) is 0 Å². The van der Waals surface area contributed by atoms with Crippen LogP contribution in [0.2, 0.25) is 0 Å². The topological polar surface area (TPSA) is 113 Å². The zero-order valence-electron chi connectivity index (χ0n) is 55.2. The SMILES string of the molecule is CC(C)(C)OC(=O)N1CCCC(N2CCN(C3CCN(C(=O)c4cc(C(F)(F)F)cc(C(F)(F)F)c4)C(Cc4ccccc4)C3)CC2)C1.CC(C)(C)OC(=O)N1CCCC(N2CCN(C3CCN(C(=O)c4cc(C(F)(F)F)cc(C(F)(F)F)c4)C(Cc4ccccc4)C3)CC2)C1. The van der Waals surface area contributed by atoms with Crippen LogP contribution in [-0.2, 0) is 47.0 Å². The largest absolute Gasteiger partial charge is 0.444 e. The van der Waals surface area contributed by atoms with Crippen LogP contribution < -0.4 is 0 Å². The van der Waals surface area contributed by atoms with Gasteiger partial charge in [-0.3, -0.25) is 29.2 Å². The first-order chi connectivity index (χ1) is 45.0. The van der Waals surface area contributed by atoms with Crippen molar-refractivity contribution in [1.82, 2.24) is 39.2 Å². The molecule has 6 atom stereocenters. The normalized spacial score (nSPS) is 23.6. The Balaban J connectivity index is 0.000000225. The van der Waals surface area contributed by atoms with Gasteiger partial charge in [-0.25, -0.2) is 9.59 Å². The third-order valence-corrected chi connectivity index (χ3v) is 19.1. The number of hydrogen-bond acceptors (Lipinski definition) is 10. The molecule has 6 heterocycles. The van der Waals surface area contributed by atoms with E-state index in [4.69, 9.17) is 9.47 Å². The molecule has 0 saturated carbocycles. The van der Waals surface area contributed by atoms with Crippen molar-refractivity contribution < 1.29 is 81.3 Å². The molecule has 0 bridgehead atoms. The molecule has 0 spiro atoms. The van der Waals surface area contributed by atoms with E-state index in [0.29, 0.717) is 89.0 Å². The molecule has 6 fully saturated rings. The molecule has 6 aliphatic heterocycles. The summed E-state index contributed by atoms with van der Waals surface area (Å²) in [6.45, 7) is 20.4. The monoisotopic (exact) mass is 1360 g/mol. The molecule has 14 nitrogen and oxygen atoms in total. The lowest BCUT2D eigenvalue weighted by molar-refractivity contribution is -0.144. The van der Waals surface area contributed by atoms with Crippen LogP contribution in [-0.4, -0.2) is 202 Å². The number of rotatable bonds is 10. The maximum absolute atomic E-state index is 13.7. The van der Waals surface area contributed by atoms with E-state index in [1.54, 1.807) is 9.80 Å². The number of carbonyl (C=O) groups is 4. The average molecular weight is 1370 g/mol. The molecule has 6 unspecified atom stereocenters. The van der Waals surface area contributed by atoms with Crippen LogP contribution in [0.4, 0.5) is 62.3 Å². The number of likely N-dealkylation sites (tertiary alicyclic amines) is 4. The van der Waals surface area contributed by atoms with Crippen molar-refractivity contribution in [2.24, 2.45) is 0 Å². The Morgan fingerprint density at radius 2 is 0.677 bits per heavy atom. The molecule has 0 aliphatic carbocycles. The first kappa shape index (κ1) is 73.6. The molecule has 528 valence electrons. The molecule has 4 aromatic carbocycles. The number of piperidine rings is 4. The fraction of sp³-hybridized carbons (Fsp3) is 0.600. The van der Waals surface area contributed by atoms with Gasteiger partial charge in [0.1, 0.15) is 11.2 Å². The number of piperazine rings is 2. The number of carbonyl (C=O) groups excluding carboxylic acids is 4. The van der Waals surface area contributed by atoms with E-state index in [9.17, 15) is 71.9 Å². The fourth-order valence-electron chi connectivity index (χ4n) is 14.3. The smallest absolute Gasteiger partial charge is 0.416 e. The van der Waals surface area contributed by atoms with Crippen LogP contribution >= 0.6 is 0 Å². The van der Waals surface area contributed by atoms with Gasteiger partial charge in [0.05, 0.1) is 22.3 Å². The van der Waals surface area contributed by atoms with Gasteiger partial charge in [0.25, 0.3) is 11.8 Å². The number of nitrogens with zero attached hydrogens (tertiary/aromatic N) is 8. The Bertz CT molecular complexity index is 2990. The summed E-state index contributed by atoms with van der Waals surface area (Å²) in [7, 11) is 0. The van der Waals surface area contributed by atoms with Crippen LogP contribution in [0.15, 0.2) is 97.1 Å². The standard InChI is InChI=1S/2C35H44F6N4O3/c2*1-33(2,3)48-32(47)44-12-7-10-29(23-44)43-16-14-42(15-17-43)28-11-13-45(30(22-28)18-24-8-5-4-6-9-24)31(46)25-19-26(34(36,37)38)21-27(20-25)35(39,40)41/h2*4-6,8-9,19-21,28-30H,7,10-18,22-23H2,1-3H3. The molecular formula is C70H88F12N8O6. The number of benzene rings is 4. The highest BCUT2D eigenvalue weighted by Gasteiger charge is 2.44. The highest BCUT2D eigenvalue weighted by Crippen LogP contribution is 2.40. The zero-order chi connectivity index (χ0) is 69.7. The van der Waals surface area contributed by atoms with Gasteiger partial charge < -0.3 is 29.1 Å². The van der Waals surface area contributed by atoms with Crippen molar-refractivity contribution in [2.75, 3.05) is 91.6 Å². The van der Waals surface area contributed by atoms with Gasteiger partial charge in [-0.05, 0) is 153 Å². The van der Waals surface area contributed by atoms with E-state index in [-0.39, 0.29) is 61.6 Å². The van der Waals surface area contributed by atoms with Crippen molar-refractivity contribution in [3.63, 3.8) is 0 Å². The van der Waals surface area contributed by atoms with Crippen molar-refractivity contribution >= 4 is 24.0 Å². The van der Waals surface area contributed by atoms with E-state index in [0.717, 1.165) is 89.2 Å². The third kappa shape index (κ3) is 19.8. The summed E-state index contributed by atoms with van der Waals surface area (Å²) in [5.74, 6) is -1.66. The van der Waals surface area contributed by atoms with Crippen LogP contribution in [0.1, 0.15) is 147 Å². The molecular weight excluding hydrogens is 1280 g/mol. The van der Waals surface area contributed by atoms with Crippen molar-refractivity contribution in [3.05, 3.63) is 142 Å². The number of alkyl halides is 12. The first-order valence-electron chi connectivity index (χ1n) is 33.2. The zero-order valence-corrected chi connectivity index (χ0v) is 55.2. The molecule has 4 amide bonds. The van der Waals surface area contributed by atoms with E-state index in [1.165, 1.54) is 9.80 Å². The van der Waals surface area contributed by atoms with Gasteiger partial charge >= 0.3 is 36.9 Å². The van der Waals surface area contributed by atoms with E-state index in [2.05, 4.69) is 19.6 Å². The quantitative estimate of drug-likeness (QED) is 0.142. The molecule has 6 saturated heterocycles. The van der Waals surface area contributed by atoms with Crippen LogP contribution in [0.25, 0.3) is 0 Å². The maximum atomic E-state index is 13.7. The first-order valence-corrected chi connectivity index (χ1v) is 33.2. The summed E-state index contributed by atoms with van der Waals surface area (Å²) in [6, 6.07) is 20.8. The van der Waals surface area contributed by atoms with E-state index >= 15 is 0 Å². The molecule has 4 aromatic rings. The lowest BCUT2D eigenvalue weighted by atomic mass is 9.90. The van der Waals surface area contributed by atoms with Crippen LogP contribution in [0.3, 0.4) is 0 Å². The summed E-state index contributed by atoms with van der Waals surface area (Å²) >= 11 is 0.